The molecule has 0 heterocycles. The Balaban J connectivity index is 1.91. The Labute approximate surface area is 261 Å². The molecule has 236 valence electrons. The van der Waals surface area contributed by atoms with Gasteiger partial charge in [-0.25, -0.2) is 0 Å². The quantitative estimate of drug-likeness (QED) is 0.0510. The molecule has 0 N–H and O–H groups in total. The number of benzene rings is 4. The third-order valence-electron chi connectivity index (χ3n) is 7.07. The third kappa shape index (κ3) is 7.76. The van der Waals surface area contributed by atoms with E-state index in [4.69, 9.17) is 4.74 Å². The summed E-state index contributed by atoms with van der Waals surface area (Å²) in [6.07, 6.45) is -0.244. The number of hydrogen-bond donors (Lipinski definition) is 0. The molecule has 0 saturated carbocycles. The number of carbonyl (C=O) groups is 1. The molecule has 0 atom stereocenters. The number of ether oxygens (including phenoxy) is 3. The van der Waals surface area contributed by atoms with E-state index in [1.165, 1.54) is 55.6 Å². The van der Waals surface area contributed by atoms with Gasteiger partial charge in [-0.05, 0) is 48.4 Å². The van der Waals surface area contributed by atoms with Gasteiger partial charge in [0, 0.05) is 22.1 Å². The zero-order chi connectivity index (χ0) is 33.3. The minimum Gasteiger partial charge on any atom is -0.496 e. The zero-order valence-corrected chi connectivity index (χ0v) is 24.4. The lowest BCUT2D eigenvalue weighted by molar-refractivity contribution is 0.102. The summed E-state index contributed by atoms with van der Waals surface area (Å²) < 4.78 is 92.1. The van der Waals surface area contributed by atoms with Gasteiger partial charge in [0.05, 0.1) is 7.11 Å². The van der Waals surface area contributed by atoms with Crippen LogP contribution in [0.1, 0.15) is 34.0 Å². The van der Waals surface area contributed by atoms with E-state index in [1.54, 1.807) is 67.6 Å². The van der Waals surface area contributed by atoms with Crippen LogP contribution >= 0.6 is 0 Å². The van der Waals surface area contributed by atoms with Gasteiger partial charge in [-0.3, -0.25) is 4.79 Å². The maximum atomic E-state index is 14.2. The molecule has 0 aliphatic carbocycles. The van der Waals surface area contributed by atoms with Gasteiger partial charge in [-0.15, -0.1) is 0 Å². The van der Waals surface area contributed by atoms with E-state index in [0.717, 1.165) is 5.56 Å². The molecule has 0 unspecified atom stereocenters. The zero-order valence-electron chi connectivity index (χ0n) is 24.4. The molecule has 0 bridgehead atoms. The van der Waals surface area contributed by atoms with Crippen molar-refractivity contribution in [3.05, 3.63) is 167 Å². The molecule has 0 aromatic heterocycles. The molecule has 4 aromatic rings. The van der Waals surface area contributed by atoms with Crippen molar-refractivity contribution in [3.63, 3.8) is 0 Å². The highest BCUT2D eigenvalue weighted by molar-refractivity contribution is 6.11. The number of hydrogen-bond acceptors (Lipinski definition) is 4. The molecule has 0 radical (unpaired) electrons. The van der Waals surface area contributed by atoms with Crippen molar-refractivity contribution in [2.45, 2.75) is 12.3 Å². The highest BCUT2D eigenvalue weighted by Gasteiger charge is 2.37. The smallest absolute Gasteiger partial charge is 0.344 e. The lowest BCUT2D eigenvalue weighted by Crippen LogP contribution is -2.31. The number of allylic oxidation sites excluding steroid dienone is 3. The van der Waals surface area contributed by atoms with Crippen molar-refractivity contribution >= 4 is 11.9 Å². The topological polar surface area (TPSA) is 44.8 Å². The first-order valence-corrected chi connectivity index (χ1v) is 13.6. The van der Waals surface area contributed by atoms with E-state index in [1.807, 2.05) is 12.1 Å². The number of ketones is 1. The van der Waals surface area contributed by atoms with Gasteiger partial charge in [0.2, 0.25) is 0 Å². The predicted octanol–water partition coefficient (Wildman–Crippen LogP) is 10.4. The summed E-state index contributed by atoms with van der Waals surface area (Å²) in [6.45, 7) is 1.71. The maximum Gasteiger partial charge on any atom is 0.344 e. The fraction of sp³-hybridized carbons (Fsp3) is 0.0833. The second-order valence-electron chi connectivity index (χ2n) is 9.82. The monoisotopic (exact) mass is 636 g/mol. The van der Waals surface area contributed by atoms with Crippen LogP contribution in [-0.2, 0) is 5.41 Å². The van der Waals surface area contributed by atoms with Crippen LogP contribution in [0.3, 0.4) is 0 Å². The second kappa shape index (κ2) is 15.0. The van der Waals surface area contributed by atoms with Crippen molar-refractivity contribution in [1.82, 2.24) is 0 Å². The van der Waals surface area contributed by atoms with Gasteiger partial charge in [0.25, 0.3) is 0 Å². The number of carbonyl (C=O) groups excluding carboxylic acids is 1. The van der Waals surface area contributed by atoms with Gasteiger partial charge in [0.1, 0.15) is 17.2 Å². The molecule has 4 aromatic carbocycles. The van der Waals surface area contributed by atoms with Crippen LogP contribution in [0.4, 0.5) is 26.3 Å². The highest BCUT2D eigenvalue weighted by Crippen LogP contribution is 2.42. The average molecular weight is 637 g/mol. The van der Waals surface area contributed by atoms with Crippen LogP contribution in [0, 0.1) is 0 Å². The molecule has 0 fully saturated rings. The minimum atomic E-state index is -2.63. The first-order valence-electron chi connectivity index (χ1n) is 13.6. The van der Waals surface area contributed by atoms with Crippen LogP contribution in [0.15, 0.2) is 145 Å². The summed E-state index contributed by atoms with van der Waals surface area (Å²) >= 11 is 0. The molecule has 4 rings (SSSR count). The molecule has 0 aliphatic heterocycles. The van der Waals surface area contributed by atoms with Gasteiger partial charge in [0.15, 0.2) is 5.78 Å². The van der Waals surface area contributed by atoms with Crippen LogP contribution in [0.2, 0.25) is 0 Å². The number of methoxy groups -OCH3 is 1. The molecule has 0 aliphatic rings. The normalized spacial score (nSPS) is 11.6. The van der Waals surface area contributed by atoms with Gasteiger partial charge in [-0.2, -0.15) is 26.3 Å². The second-order valence-corrected chi connectivity index (χ2v) is 9.82. The molecule has 4 nitrogen and oxygen atoms in total. The molecule has 0 amide bonds. The Kier molecular flexibility index (Phi) is 10.9. The van der Waals surface area contributed by atoms with E-state index in [2.05, 4.69) is 9.47 Å². The predicted molar refractivity (Wildman–Crippen MR) is 162 cm³/mol. The molecule has 46 heavy (non-hydrogen) atoms. The standard InChI is InChI=1S/C36H26F6O4/c1-36(25-15-19-27(20-16-25)45-34(41)32(37)38,26-17-21-28(22-18-26)46-35(42)33(39)40)29(31(43)24-10-4-3-5-11-24)13-8-12-23-9-6-7-14-30(23)44-2/h3-22H,1-2H3. The largest absolute Gasteiger partial charge is 0.496 e. The Bertz CT molecular complexity index is 1720. The van der Waals surface area contributed by atoms with Crippen molar-refractivity contribution in [1.29, 1.82) is 0 Å². The first kappa shape index (κ1) is 33.4. The molecular formula is C36H26F6O4. The van der Waals surface area contributed by atoms with E-state index < -0.39 is 29.6 Å². The number of rotatable bonds is 12. The van der Waals surface area contributed by atoms with E-state index in [9.17, 15) is 31.1 Å². The first-order chi connectivity index (χ1) is 22.0. The summed E-state index contributed by atoms with van der Waals surface area (Å²) in [7, 11) is 1.53. The third-order valence-corrected chi connectivity index (χ3v) is 7.07. The van der Waals surface area contributed by atoms with Crippen molar-refractivity contribution in [2.75, 3.05) is 7.11 Å². The molecule has 0 saturated heterocycles. The van der Waals surface area contributed by atoms with E-state index in [0.29, 0.717) is 22.4 Å². The fourth-order valence-corrected chi connectivity index (χ4v) is 4.74. The van der Waals surface area contributed by atoms with Crippen LogP contribution in [0.5, 0.6) is 17.2 Å². The van der Waals surface area contributed by atoms with Gasteiger partial charge in [-0.1, -0.05) is 91.0 Å². The Morgan fingerprint density at radius 2 is 1.13 bits per heavy atom. The van der Waals surface area contributed by atoms with Crippen molar-refractivity contribution in [3.8, 4) is 17.2 Å². The average Bonchev–Trinajstić information content (AvgIpc) is 3.07. The van der Waals surface area contributed by atoms with Crippen molar-refractivity contribution < 1.29 is 45.3 Å². The maximum absolute atomic E-state index is 14.2. The molecule has 10 heteroatoms. The Hall–Kier alpha value is -5.51. The lowest BCUT2D eigenvalue weighted by Gasteiger charge is -2.33. The summed E-state index contributed by atoms with van der Waals surface area (Å²) in [4.78, 5) is 14.2. The molecule has 0 spiro atoms. The number of Topliss-reactive ketones (excluding diaryl/α,β-unsaturated/α-hetero) is 1. The van der Waals surface area contributed by atoms with Crippen LogP contribution in [-0.4, -0.2) is 12.9 Å². The fourth-order valence-electron chi connectivity index (χ4n) is 4.74. The van der Waals surface area contributed by atoms with Gasteiger partial charge >= 0.3 is 24.2 Å². The summed E-state index contributed by atoms with van der Waals surface area (Å²) in [6, 6.07) is 22.4. The Morgan fingerprint density at radius 1 is 0.652 bits per heavy atom. The highest BCUT2D eigenvalue weighted by atomic mass is 19.3. The van der Waals surface area contributed by atoms with Crippen LogP contribution in [0.25, 0.3) is 6.08 Å². The molecular weight excluding hydrogens is 610 g/mol. The van der Waals surface area contributed by atoms with E-state index >= 15 is 0 Å². The summed E-state index contributed by atoms with van der Waals surface area (Å²) in [5.41, 5.74) is 0.870. The van der Waals surface area contributed by atoms with Crippen LogP contribution < -0.4 is 14.2 Å². The Morgan fingerprint density at radius 3 is 1.61 bits per heavy atom. The van der Waals surface area contributed by atoms with E-state index in [-0.39, 0.29) is 22.9 Å². The SMILES string of the molecule is COc1ccccc1C=CC=C(C(=O)c1ccccc1)C(C)(c1ccc(OC(F)=C(F)F)cc1)c1ccc(OC(F)=C(F)F)cc1. The summed E-state index contributed by atoms with van der Waals surface area (Å²) in [5.74, 6) is -0.248. The minimum absolute atomic E-state index is 0.230. The lowest BCUT2D eigenvalue weighted by atomic mass is 9.68. The van der Waals surface area contributed by atoms with Gasteiger partial charge < -0.3 is 14.2 Å². The van der Waals surface area contributed by atoms with Crippen molar-refractivity contribution in [2.24, 2.45) is 0 Å². The number of halogens is 6. The summed E-state index contributed by atoms with van der Waals surface area (Å²) in [5, 5.41) is 0. The number of para-hydroxylation sites is 1.